The van der Waals surface area contributed by atoms with Crippen LogP contribution >= 0.6 is 0 Å². The van der Waals surface area contributed by atoms with Crippen molar-refractivity contribution in [3.8, 4) is 5.75 Å². The van der Waals surface area contributed by atoms with Crippen molar-refractivity contribution in [3.63, 3.8) is 0 Å². The monoisotopic (exact) mass is 291 g/mol. The first-order valence-electron chi connectivity index (χ1n) is 7.42. The molecule has 4 nitrogen and oxygen atoms in total. The average molecular weight is 291 g/mol. The van der Waals surface area contributed by atoms with Gasteiger partial charge in [-0.05, 0) is 30.5 Å². The fourth-order valence-electron chi connectivity index (χ4n) is 1.99. The highest BCUT2D eigenvalue weighted by Crippen LogP contribution is 2.20. The standard InChI is InChI=1S/C17H25NO3/c1-4-8-14(6-3)21-17(19)16(18)13-9-7-10-15(12-13)20-11-5-2/h5,7,9-10,12,14,16H,2,4,6,8,11,18H2,1,3H3. The number of hydrogen-bond acceptors (Lipinski definition) is 4. The van der Waals surface area contributed by atoms with E-state index in [1.807, 2.05) is 19.1 Å². The highest BCUT2D eigenvalue weighted by atomic mass is 16.5. The Morgan fingerprint density at radius 2 is 2.19 bits per heavy atom. The van der Waals surface area contributed by atoms with E-state index in [0.717, 1.165) is 19.3 Å². The summed E-state index contributed by atoms with van der Waals surface area (Å²) in [6.07, 6.45) is 4.24. The summed E-state index contributed by atoms with van der Waals surface area (Å²) in [5.74, 6) is 0.271. The Labute approximate surface area is 126 Å². The topological polar surface area (TPSA) is 61.5 Å². The van der Waals surface area contributed by atoms with Crippen molar-refractivity contribution in [2.24, 2.45) is 5.73 Å². The number of carbonyl (C=O) groups is 1. The highest BCUT2D eigenvalue weighted by Gasteiger charge is 2.21. The Hall–Kier alpha value is -1.81. The Morgan fingerprint density at radius 1 is 1.43 bits per heavy atom. The van der Waals surface area contributed by atoms with Crippen molar-refractivity contribution in [2.45, 2.75) is 45.3 Å². The zero-order chi connectivity index (χ0) is 15.7. The number of carbonyl (C=O) groups excluding carboxylic acids is 1. The van der Waals surface area contributed by atoms with Crippen LogP contribution < -0.4 is 10.5 Å². The van der Waals surface area contributed by atoms with Gasteiger partial charge in [0.25, 0.3) is 0 Å². The van der Waals surface area contributed by atoms with Gasteiger partial charge >= 0.3 is 5.97 Å². The smallest absolute Gasteiger partial charge is 0.327 e. The Morgan fingerprint density at radius 3 is 2.81 bits per heavy atom. The summed E-state index contributed by atoms with van der Waals surface area (Å²) in [7, 11) is 0. The number of rotatable bonds is 9. The summed E-state index contributed by atoms with van der Waals surface area (Å²) >= 11 is 0. The Balaban J connectivity index is 2.70. The molecule has 0 aliphatic rings. The zero-order valence-corrected chi connectivity index (χ0v) is 12.9. The van der Waals surface area contributed by atoms with Crippen LogP contribution in [-0.2, 0) is 9.53 Å². The van der Waals surface area contributed by atoms with Crippen LogP contribution in [0.1, 0.15) is 44.7 Å². The van der Waals surface area contributed by atoms with Crippen LogP contribution in [0.3, 0.4) is 0 Å². The van der Waals surface area contributed by atoms with E-state index >= 15 is 0 Å². The van der Waals surface area contributed by atoms with Gasteiger partial charge in [-0.25, -0.2) is 4.79 Å². The van der Waals surface area contributed by atoms with Gasteiger partial charge < -0.3 is 15.2 Å². The summed E-state index contributed by atoms with van der Waals surface area (Å²) in [5, 5.41) is 0. The number of nitrogens with two attached hydrogens (primary N) is 1. The molecule has 2 atom stereocenters. The van der Waals surface area contributed by atoms with Gasteiger partial charge in [0.15, 0.2) is 0 Å². The van der Waals surface area contributed by atoms with Crippen LogP contribution in [-0.4, -0.2) is 18.7 Å². The lowest BCUT2D eigenvalue weighted by molar-refractivity contribution is -0.151. The van der Waals surface area contributed by atoms with Crippen molar-refractivity contribution in [1.29, 1.82) is 0 Å². The molecule has 0 aliphatic carbocycles. The van der Waals surface area contributed by atoms with Gasteiger partial charge in [-0.1, -0.05) is 45.1 Å². The molecule has 2 unspecified atom stereocenters. The molecule has 4 heteroatoms. The molecule has 0 aliphatic heterocycles. The van der Waals surface area contributed by atoms with Crippen molar-refractivity contribution in [3.05, 3.63) is 42.5 Å². The van der Waals surface area contributed by atoms with Crippen LogP contribution in [0, 0.1) is 0 Å². The summed E-state index contributed by atoms with van der Waals surface area (Å²) in [5.41, 5.74) is 6.67. The second-order valence-corrected chi connectivity index (χ2v) is 4.91. The molecule has 1 aromatic rings. The molecule has 21 heavy (non-hydrogen) atoms. The van der Waals surface area contributed by atoms with E-state index in [9.17, 15) is 4.79 Å². The molecule has 0 aromatic heterocycles. The molecule has 0 saturated carbocycles. The molecular weight excluding hydrogens is 266 g/mol. The van der Waals surface area contributed by atoms with Gasteiger partial charge in [0.1, 0.15) is 24.5 Å². The van der Waals surface area contributed by atoms with Crippen molar-refractivity contribution < 1.29 is 14.3 Å². The molecule has 0 bridgehead atoms. The minimum absolute atomic E-state index is 0.0613. The van der Waals surface area contributed by atoms with Gasteiger partial charge in [0, 0.05) is 0 Å². The molecule has 0 saturated heterocycles. The van der Waals surface area contributed by atoms with Gasteiger partial charge in [-0.15, -0.1) is 0 Å². The third kappa shape index (κ3) is 5.60. The second-order valence-electron chi connectivity index (χ2n) is 4.91. The molecule has 116 valence electrons. The van der Waals surface area contributed by atoms with E-state index in [1.165, 1.54) is 0 Å². The maximum absolute atomic E-state index is 12.1. The molecule has 2 N–H and O–H groups in total. The van der Waals surface area contributed by atoms with Gasteiger partial charge in [-0.2, -0.15) is 0 Å². The Bertz CT molecular complexity index is 459. The minimum atomic E-state index is -0.789. The highest BCUT2D eigenvalue weighted by molar-refractivity contribution is 5.77. The van der Waals surface area contributed by atoms with E-state index in [4.69, 9.17) is 15.2 Å². The average Bonchev–Trinajstić information content (AvgIpc) is 2.51. The zero-order valence-electron chi connectivity index (χ0n) is 12.9. The lowest BCUT2D eigenvalue weighted by atomic mass is 10.1. The predicted molar refractivity (Wildman–Crippen MR) is 84.1 cm³/mol. The minimum Gasteiger partial charge on any atom is -0.490 e. The van der Waals surface area contributed by atoms with Gasteiger partial charge in [0.2, 0.25) is 0 Å². The van der Waals surface area contributed by atoms with E-state index in [1.54, 1.807) is 18.2 Å². The molecule has 0 fully saturated rings. The van der Waals surface area contributed by atoms with E-state index in [0.29, 0.717) is 17.9 Å². The first-order valence-corrected chi connectivity index (χ1v) is 7.42. The van der Waals surface area contributed by atoms with Crippen LogP contribution in [0.5, 0.6) is 5.75 Å². The quantitative estimate of drug-likeness (QED) is 0.559. The fourth-order valence-corrected chi connectivity index (χ4v) is 1.99. The van der Waals surface area contributed by atoms with Crippen molar-refractivity contribution in [2.75, 3.05) is 6.61 Å². The Kier molecular flexibility index (Phi) is 7.54. The van der Waals surface area contributed by atoms with Crippen molar-refractivity contribution >= 4 is 5.97 Å². The first kappa shape index (κ1) is 17.2. The molecule has 1 aromatic carbocycles. The predicted octanol–water partition coefficient (Wildman–Crippen LogP) is 3.37. The number of hydrogen-bond donors (Lipinski definition) is 1. The SMILES string of the molecule is C=CCOc1cccc(C(N)C(=O)OC(CC)CCC)c1. The van der Waals surface area contributed by atoms with Gasteiger partial charge in [-0.3, -0.25) is 0 Å². The van der Waals surface area contributed by atoms with Gasteiger partial charge in [0.05, 0.1) is 0 Å². The summed E-state index contributed by atoms with van der Waals surface area (Å²) in [6, 6.07) is 6.40. The first-order chi connectivity index (χ1) is 10.1. The largest absolute Gasteiger partial charge is 0.490 e. The summed E-state index contributed by atoms with van der Waals surface area (Å²) in [6.45, 7) is 8.08. The van der Waals surface area contributed by atoms with Crippen LogP contribution in [0.4, 0.5) is 0 Å². The fraction of sp³-hybridized carbons (Fsp3) is 0.471. The number of benzene rings is 1. The number of ether oxygens (including phenoxy) is 2. The maximum atomic E-state index is 12.1. The molecular formula is C17H25NO3. The van der Waals surface area contributed by atoms with Crippen LogP contribution in [0.2, 0.25) is 0 Å². The molecule has 1 rings (SSSR count). The lowest BCUT2D eigenvalue weighted by Crippen LogP contribution is -2.28. The lowest BCUT2D eigenvalue weighted by Gasteiger charge is -2.19. The molecule has 0 amide bonds. The van der Waals surface area contributed by atoms with E-state index < -0.39 is 12.0 Å². The normalized spacial score (nSPS) is 13.3. The number of esters is 1. The van der Waals surface area contributed by atoms with E-state index in [-0.39, 0.29) is 6.10 Å². The molecule has 0 spiro atoms. The molecule has 0 heterocycles. The summed E-state index contributed by atoms with van der Waals surface area (Å²) in [4.78, 5) is 12.1. The van der Waals surface area contributed by atoms with E-state index in [2.05, 4.69) is 13.5 Å². The third-order valence-corrected chi connectivity index (χ3v) is 3.19. The maximum Gasteiger partial charge on any atom is 0.327 e. The van der Waals surface area contributed by atoms with Crippen molar-refractivity contribution in [1.82, 2.24) is 0 Å². The van der Waals surface area contributed by atoms with Crippen LogP contribution in [0.15, 0.2) is 36.9 Å². The van der Waals surface area contributed by atoms with Crippen LogP contribution in [0.25, 0.3) is 0 Å². The summed E-state index contributed by atoms with van der Waals surface area (Å²) < 4.78 is 10.9. The second kappa shape index (κ2) is 9.19. The molecule has 0 radical (unpaired) electrons. The third-order valence-electron chi connectivity index (χ3n) is 3.19.